The highest BCUT2D eigenvalue weighted by atomic mass is 32.2. The maximum atomic E-state index is 14.0. The number of halogens is 2. The molecule has 2 rings (SSSR count). The molecule has 2 aromatic carbocycles. The Morgan fingerprint density at radius 1 is 1.10 bits per heavy atom. The van der Waals surface area contributed by atoms with Gasteiger partial charge >= 0.3 is 0 Å². The molecule has 21 heavy (non-hydrogen) atoms. The number of para-hydroxylation sites is 1. The summed E-state index contributed by atoms with van der Waals surface area (Å²) in [6.45, 7) is 1.72. The van der Waals surface area contributed by atoms with Gasteiger partial charge in [0, 0.05) is 6.54 Å². The Labute approximate surface area is 121 Å². The first-order valence-corrected chi connectivity index (χ1v) is 7.65. The minimum Gasteiger partial charge on any atom is -0.394 e. The summed E-state index contributed by atoms with van der Waals surface area (Å²) in [5.74, 6) is -2.27. The molecule has 0 aliphatic heterocycles. The zero-order valence-electron chi connectivity index (χ0n) is 11.3. The molecule has 0 bridgehead atoms. The number of sulfonamides is 1. The van der Waals surface area contributed by atoms with E-state index >= 15 is 0 Å². The van der Waals surface area contributed by atoms with Gasteiger partial charge in [-0.15, -0.1) is 0 Å². The first kappa shape index (κ1) is 15.2. The van der Waals surface area contributed by atoms with Gasteiger partial charge < -0.3 is 5.73 Å². The highest BCUT2D eigenvalue weighted by molar-refractivity contribution is 7.92. The lowest BCUT2D eigenvalue weighted by Gasteiger charge is -2.23. The molecule has 0 radical (unpaired) electrons. The minimum absolute atomic E-state index is 0.100. The Morgan fingerprint density at radius 3 is 2.29 bits per heavy atom. The summed E-state index contributed by atoms with van der Waals surface area (Å²) in [4.78, 5) is -0.646. The molecule has 0 heterocycles. The van der Waals surface area contributed by atoms with Gasteiger partial charge in [-0.25, -0.2) is 17.2 Å². The number of rotatable bonds is 4. The van der Waals surface area contributed by atoms with E-state index < -0.39 is 32.2 Å². The van der Waals surface area contributed by atoms with E-state index in [0.29, 0.717) is 5.69 Å². The maximum Gasteiger partial charge on any atom is 0.267 e. The molecule has 0 saturated carbocycles. The molecule has 2 N–H and O–H groups in total. The van der Waals surface area contributed by atoms with Gasteiger partial charge in [0.1, 0.15) is 16.4 Å². The monoisotopic (exact) mass is 312 g/mol. The van der Waals surface area contributed by atoms with Crippen molar-refractivity contribution in [1.82, 2.24) is 0 Å². The molecule has 0 aromatic heterocycles. The summed E-state index contributed by atoms with van der Waals surface area (Å²) in [6.07, 6.45) is 0. The SMILES string of the molecule is CCN(c1ccccc1)S(=O)(=O)c1ccc(F)c(N)c1F. The summed E-state index contributed by atoms with van der Waals surface area (Å²) >= 11 is 0. The van der Waals surface area contributed by atoms with E-state index in [1.54, 1.807) is 37.3 Å². The second kappa shape index (κ2) is 5.69. The number of hydrogen-bond acceptors (Lipinski definition) is 3. The molecule has 0 atom stereocenters. The van der Waals surface area contributed by atoms with Crippen LogP contribution in [0.2, 0.25) is 0 Å². The summed E-state index contributed by atoms with van der Waals surface area (Å²) < 4.78 is 53.3. The average molecular weight is 312 g/mol. The van der Waals surface area contributed by atoms with E-state index in [1.807, 2.05) is 0 Å². The fraction of sp³-hybridized carbons (Fsp3) is 0.143. The number of anilines is 2. The van der Waals surface area contributed by atoms with Crippen LogP contribution in [0, 0.1) is 11.6 Å². The van der Waals surface area contributed by atoms with Gasteiger partial charge in [-0.2, -0.15) is 0 Å². The van der Waals surface area contributed by atoms with E-state index in [9.17, 15) is 17.2 Å². The number of nitrogens with zero attached hydrogens (tertiary/aromatic N) is 1. The quantitative estimate of drug-likeness (QED) is 0.883. The zero-order valence-corrected chi connectivity index (χ0v) is 12.1. The van der Waals surface area contributed by atoms with Crippen molar-refractivity contribution in [3.8, 4) is 0 Å². The summed E-state index contributed by atoms with van der Waals surface area (Å²) in [5.41, 5.74) is 4.81. The number of nitrogens with two attached hydrogens (primary N) is 1. The minimum atomic E-state index is -4.16. The molecule has 0 amide bonds. The van der Waals surface area contributed by atoms with Gasteiger partial charge in [-0.05, 0) is 31.2 Å². The second-order valence-electron chi connectivity index (χ2n) is 4.28. The van der Waals surface area contributed by atoms with E-state index in [2.05, 4.69) is 0 Å². The molecule has 4 nitrogen and oxygen atoms in total. The van der Waals surface area contributed by atoms with Gasteiger partial charge in [0.15, 0.2) is 5.82 Å². The first-order chi connectivity index (χ1) is 9.89. The van der Waals surface area contributed by atoms with E-state index in [1.165, 1.54) is 0 Å². The Balaban J connectivity index is 2.58. The van der Waals surface area contributed by atoms with Crippen LogP contribution in [0.4, 0.5) is 20.2 Å². The molecule has 7 heteroatoms. The van der Waals surface area contributed by atoms with Gasteiger partial charge in [0.2, 0.25) is 0 Å². The van der Waals surface area contributed by atoms with Crippen LogP contribution in [0.25, 0.3) is 0 Å². The third-order valence-electron chi connectivity index (χ3n) is 2.99. The first-order valence-electron chi connectivity index (χ1n) is 6.20. The second-order valence-corrected chi connectivity index (χ2v) is 6.11. The van der Waals surface area contributed by atoms with Gasteiger partial charge in [-0.3, -0.25) is 4.31 Å². The largest absolute Gasteiger partial charge is 0.394 e. The highest BCUT2D eigenvalue weighted by Gasteiger charge is 2.28. The molecule has 0 aliphatic carbocycles. The van der Waals surface area contributed by atoms with Crippen LogP contribution in [0.3, 0.4) is 0 Å². The Morgan fingerprint density at radius 2 is 1.71 bits per heavy atom. The average Bonchev–Trinajstić information content (AvgIpc) is 2.46. The van der Waals surface area contributed by atoms with Crippen molar-refractivity contribution >= 4 is 21.4 Å². The fourth-order valence-corrected chi connectivity index (χ4v) is 3.51. The van der Waals surface area contributed by atoms with Crippen LogP contribution in [0.15, 0.2) is 47.4 Å². The van der Waals surface area contributed by atoms with Crippen LogP contribution < -0.4 is 10.0 Å². The predicted molar refractivity (Wildman–Crippen MR) is 77.4 cm³/mol. The van der Waals surface area contributed by atoms with Crippen LogP contribution in [-0.4, -0.2) is 15.0 Å². The van der Waals surface area contributed by atoms with Crippen LogP contribution in [0.1, 0.15) is 6.92 Å². The summed E-state index contributed by atoms with van der Waals surface area (Å²) in [5, 5.41) is 0. The summed E-state index contributed by atoms with van der Waals surface area (Å²) in [7, 11) is -4.16. The van der Waals surface area contributed by atoms with Gasteiger partial charge in [0.05, 0.1) is 5.69 Å². The zero-order chi connectivity index (χ0) is 15.6. The van der Waals surface area contributed by atoms with Crippen molar-refractivity contribution < 1.29 is 17.2 Å². The van der Waals surface area contributed by atoms with Gasteiger partial charge in [0.25, 0.3) is 10.0 Å². The summed E-state index contributed by atoms with van der Waals surface area (Å²) in [6, 6.07) is 9.97. The highest BCUT2D eigenvalue weighted by Crippen LogP contribution is 2.28. The number of benzene rings is 2. The van der Waals surface area contributed by atoms with Crippen molar-refractivity contribution in [2.24, 2.45) is 0 Å². The van der Waals surface area contributed by atoms with Crippen molar-refractivity contribution in [2.45, 2.75) is 11.8 Å². The Kier molecular flexibility index (Phi) is 4.13. The van der Waals surface area contributed by atoms with Crippen LogP contribution >= 0.6 is 0 Å². The Bertz CT molecular complexity index is 749. The number of hydrogen-bond donors (Lipinski definition) is 1. The van der Waals surface area contributed by atoms with E-state index in [0.717, 1.165) is 16.4 Å². The molecular weight excluding hydrogens is 298 g/mol. The Hall–Kier alpha value is -2.15. The third-order valence-corrected chi connectivity index (χ3v) is 4.91. The predicted octanol–water partition coefficient (Wildman–Crippen LogP) is 2.76. The van der Waals surface area contributed by atoms with Crippen molar-refractivity contribution in [1.29, 1.82) is 0 Å². The van der Waals surface area contributed by atoms with E-state index in [4.69, 9.17) is 5.73 Å². The maximum absolute atomic E-state index is 14.0. The third kappa shape index (κ3) is 2.69. The molecule has 2 aromatic rings. The van der Waals surface area contributed by atoms with Crippen molar-refractivity contribution in [3.05, 3.63) is 54.1 Å². The normalized spacial score (nSPS) is 11.4. The lowest BCUT2D eigenvalue weighted by molar-refractivity contribution is 0.553. The van der Waals surface area contributed by atoms with Gasteiger partial charge in [-0.1, -0.05) is 18.2 Å². The lowest BCUT2D eigenvalue weighted by atomic mass is 10.3. The topological polar surface area (TPSA) is 63.4 Å². The molecule has 0 aliphatic rings. The standard InChI is InChI=1S/C14H14F2N2O2S/c1-2-18(10-6-4-3-5-7-10)21(19,20)12-9-8-11(15)14(17)13(12)16/h3-9H,2,17H2,1H3. The van der Waals surface area contributed by atoms with Crippen LogP contribution in [-0.2, 0) is 10.0 Å². The molecule has 0 saturated heterocycles. The molecular formula is C14H14F2N2O2S. The lowest BCUT2D eigenvalue weighted by Crippen LogP contribution is -2.31. The molecule has 112 valence electrons. The van der Waals surface area contributed by atoms with Crippen LogP contribution in [0.5, 0.6) is 0 Å². The van der Waals surface area contributed by atoms with E-state index in [-0.39, 0.29) is 6.54 Å². The van der Waals surface area contributed by atoms with Crippen molar-refractivity contribution in [2.75, 3.05) is 16.6 Å². The smallest absolute Gasteiger partial charge is 0.267 e. The fourth-order valence-electron chi connectivity index (χ4n) is 1.95. The molecule has 0 fully saturated rings. The number of nitrogen functional groups attached to an aromatic ring is 1. The molecule has 0 unspecified atom stereocenters. The molecule has 0 spiro atoms. The van der Waals surface area contributed by atoms with Crippen molar-refractivity contribution in [3.63, 3.8) is 0 Å².